The lowest BCUT2D eigenvalue weighted by atomic mass is 10.0. The monoisotopic (exact) mass is 310 g/mol. The van der Waals surface area contributed by atoms with Crippen molar-refractivity contribution in [3.8, 4) is 0 Å². The lowest BCUT2D eigenvalue weighted by Gasteiger charge is -2.02. The Morgan fingerprint density at radius 1 is 0.682 bits per heavy atom. The third-order valence-electron chi connectivity index (χ3n) is 4.15. The van der Waals surface area contributed by atoms with Crippen LogP contribution < -0.4 is 0 Å². The Morgan fingerprint density at radius 3 is 1.55 bits per heavy atom. The fourth-order valence-corrected chi connectivity index (χ4v) is 2.71. The zero-order valence-corrected chi connectivity index (χ0v) is 14.8. The summed E-state index contributed by atoms with van der Waals surface area (Å²) in [5, 5.41) is 8.51. The molecule has 0 aromatic heterocycles. The van der Waals surface area contributed by atoms with Gasteiger partial charge in [-0.15, -0.1) is 0 Å². The van der Waals surface area contributed by atoms with Crippen molar-refractivity contribution in [3.63, 3.8) is 0 Å². The minimum Gasteiger partial charge on any atom is -0.481 e. The molecular weight excluding hydrogens is 272 g/mol. The van der Waals surface area contributed by atoms with Gasteiger partial charge in [-0.05, 0) is 25.7 Å². The van der Waals surface area contributed by atoms with Gasteiger partial charge in [0, 0.05) is 6.42 Å². The molecule has 0 aromatic rings. The Kier molecular flexibility index (Phi) is 17.6. The van der Waals surface area contributed by atoms with Crippen LogP contribution in [0, 0.1) is 0 Å². The molecule has 2 nitrogen and oxygen atoms in total. The number of carbonyl (C=O) groups is 1. The summed E-state index contributed by atoms with van der Waals surface area (Å²) in [5.41, 5.74) is 0. The van der Waals surface area contributed by atoms with Crippen LogP contribution in [-0.4, -0.2) is 11.1 Å². The largest absolute Gasteiger partial charge is 0.481 e. The van der Waals surface area contributed by atoms with Crippen LogP contribution in [0.15, 0.2) is 12.2 Å². The van der Waals surface area contributed by atoms with Gasteiger partial charge in [0.15, 0.2) is 0 Å². The summed E-state index contributed by atoms with van der Waals surface area (Å²) < 4.78 is 0. The van der Waals surface area contributed by atoms with Gasteiger partial charge in [0.25, 0.3) is 0 Å². The molecule has 2 heteroatoms. The zero-order valence-electron chi connectivity index (χ0n) is 14.8. The molecule has 0 saturated carbocycles. The smallest absolute Gasteiger partial charge is 0.303 e. The van der Waals surface area contributed by atoms with Crippen molar-refractivity contribution in [1.82, 2.24) is 0 Å². The molecule has 1 N–H and O–H groups in total. The fourth-order valence-electron chi connectivity index (χ4n) is 2.71. The standard InChI is InChI=1S/C20H38O2/c1-2-3-4-5-6-7-8-9-10-11-12-13-14-15-16-17-18-19-20(21)22/h15-16H,2-14,17-19H2,1H3,(H,21,22)/b16-15+. The molecule has 0 amide bonds. The molecule has 0 bridgehead atoms. The molecule has 0 spiro atoms. The van der Waals surface area contributed by atoms with E-state index in [9.17, 15) is 4.79 Å². The molecule has 0 saturated heterocycles. The molecule has 130 valence electrons. The van der Waals surface area contributed by atoms with Crippen LogP contribution in [0.2, 0.25) is 0 Å². The first-order chi connectivity index (χ1) is 10.8. The molecule has 0 unspecified atom stereocenters. The Balaban J connectivity index is 3.05. The first-order valence-electron chi connectivity index (χ1n) is 9.64. The van der Waals surface area contributed by atoms with Crippen molar-refractivity contribution in [3.05, 3.63) is 12.2 Å². The van der Waals surface area contributed by atoms with Gasteiger partial charge < -0.3 is 5.11 Å². The van der Waals surface area contributed by atoms with Crippen molar-refractivity contribution >= 4 is 5.97 Å². The van der Waals surface area contributed by atoms with E-state index >= 15 is 0 Å². The molecule has 0 aromatic carbocycles. The first-order valence-corrected chi connectivity index (χ1v) is 9.64. The van der Waals surface area contributed by atoms with Gasteiger partial charge in [-0.2, -0.15) is 0 Å². The van der Waals surface area contributed by atoms with Gasteiger partial charge in [-0.1, -0.05) is 89.7 Å². The highest BCUT2D eigenvalue weighted by molar-refractivity contribution is 5.66. The molecule has 0 aliphatic carbocycles. The molecule has 0 radical (unpaired) electrons. The van der Waals surface area contributed by atoms with Crippen molar-refractivity contribution in [1.29, 1.82) is 0 Å². The molecular formula is C20H38O2. The van der Waals surface area contributed by atoms with Gasteiger partial charge in [-0.25, -0.2) is 0 Å². The van der Waals surface area contributed by atoms with E-state index in [1.807, 2.05) is 0 Å². The highest BCUT2D eigenvalue weighted by Crippen LogP contribution is 2.12. The third-order valence-corrected chi connectivity index (χ3v) is 4.15. The quantitative estimate of drug-likeness (QED) is 0.234. The molecule has 22 heavy (non-hydrogen) atoms. The highest BCUT2D eigenvalue weighted by atomic mass is 16.4. The normalized spacial score (nSPS) is 11.3. The fraction of sp³-hybridized carbons (Fsp3) is 0.850. The summed E-state index contributed by atoms with van der Waals surface area (Å²) in [6.07, 6.45) is 24.2. The number of allylic oxidation sites excluding steroid dienone is 2. The highest BCUT2D eigenvalue weighted by Gasteiger charge is 1.94. The summed E-state index contributed by atoms with van der Waals surface area (Å²) in [6, 6.07) is 0. The Hall–Kier alpha value is -0.790. The SMILES string of the molecule is CCCCCCCCCCCCCC/C=C/CCCC(=O)O. The van der Waals surface area contributed by atoms with Crippen molar-refractivity contribution in [2.24, 2.45) is 0 Å². The van der Waals surface area contributed by atoms with Crippen LogP contribution in [0.4, 0.5) is 0 Å². The zero-order chi connectivity index (χ0) is 16.3. The van der Waals surface area contributed by atoms with Crippen molar-refractivity contribution in [2.75, 3.05) is 0 Å². The first kappa shape index (κ1) is 21.2. The van der Waals surface area contributed by atoms with E-state index in [1.54, 1.807) is 0 Å². The molecule has 0 atom stereocenters. The minimum atomic E-state index is -0.686. The third kappa shape index (κ3) is 19.2. The number of hydrogen-bond donors (Lipinski definition) is 1. The molecule has 0 aliphatic rings. The Bertz CT molecular complexity index is 258. The molecule has 0 rings (SSSR count). The predicted molar refractivity (Wildman–Crippen MR) is 96.3 cm³/mol. The number of carboxylic acids is 1. The number of unbranched alkanes of at least 4 members (excludes halogenated alkanes) is 13. The maximum Gasteiger partial charge on any atom is 0.303 e. The van der Waals surface area contributed by atoms with E-state index in [2.05, 4.69) is 19.1 Å². The lowest BCUT2D eigenvalue weighted by molar-refractivity contribution is -0.137. The summed E-state index contributed by atoms with van der Waals surface area (Å²) in [4.78, 5) is 10.3. The van der Waals surface area contributed by atoms with Gasteiger partial charge in [0.1, 0.15) is 0 Å². The van der Waals surface area contributed by atoms with Gasteiger partial charge in [0.05, 0.1) is 0 Å². The maximum atomic E-state index is 10.3. The lowest BCUT2D eigenvalue weighted by Crippen LogP contribution is -1.92. The van der Waals surface area contributed by atoms with Crippen LogP contribution in [-0.2, 0) is 4.79 Å². The van der Waals surface area contributed by atoms with E-state index in [4.69, 9.17) is 5.11 Å². The average Bonchev–Trinajstić information content (AvgIpc) is 2.50. The van der Waals surface area contributed by atoms with E-state index in [0.29, 0.717) is 6.42 Å². The summed E-state index contributed by atoms with van der Waals surface area (Å²) in [6.45, 7) is 2.27. The Labute approximate surface area is 138 Å². The number of carboxylic acid groups (broad SMARTS) is 1. The number of aliphatic carboxylic acids is 1. The van der Waals surface area contributed by atoms with Crippen LogP contribution in [0.3, 0.4) is 0 Å². The van der Waals surface area contributed by atoms with E-state index < -0.39 is 5.97 Å². The molecule has 0 fully saturated rings. The second-order valence-electron chi connectivity index (χ2n) is 6.44. The summed E-state index contributed by atoms with van der Waals surface area (Å²) >= 11 is 0. The topological polar surface area (TPSA) is 37.3 Å². The number of hydrogen-bond acceptors (Lipinski definition) is 1. The second-order valence-corrected chi connectivity index (χ2v) is 6.44. The number of rotatable bonds is 17. The predicted octanol–water partition coefficient (Wildman–Crippen LogP) is 6.89. The van der Waals surface area contributed by atoms with Crippen LogP contribution in [0.5, 0.6) is 0 Å². The van der Waals surface area contributed by atoms with Gasteiger partial charge in [0.2, 0.25) is 0 Å². The molecule has 0 aliphatic heterocycles. The minimum absolute atomic E-state index is 0.295. The second kappa shape index (κ2) is 18.3. The Morgan fingerprint density at radius 2 is 1.09 bits per heavy atom. The van der Waals surface area contributed by atoms with Crippen LogP contribution in [0.25, 0.3) is 0 Å². The molecule has 0 heterocycles. The maximum absolute atomic E-state index is 10.3. The van der Waals surface area contributed by atoms with Crippen LogP contribution in [0.1, 0.15) is 110 Å². The van der Waals surface area contributed by atoms with Crippen LogP contribution >= 0.6 is 0 Å². The van der Waals surface area contributed by atoms with Crippen molar-refractivity contribution < 1.29 is 9.90 Å². The van der Waals surface area contributed by atoms with Crippen molar-refractivity contribution in [2.45, 2.75) is 110 Å². The average molecular weight is 311 g/mol. The van der Waals surface area contributed by atoms with Gasteiger partial charge in [-0.3, -0.25) is 4.79 Å². The summed E-state index contributed by atoms with van der Waals surface area (Å²) in [5.74, 6) is -0.686. The summed E-state index contributed by atoms with van der Waals surface area (Å²) in [7, 11) is 0. The van der Waals surface area contributed by atoms with E-state index in [-0.39, 0.29) is 0 Å². The van der Waals surface area contributed by atoms with E-state index in [0.717, 1.165) is 19.3 Å². The van der Waals surface area contributed by atoms with E-state index in [1.165, 1.54) is 77.0 Å². The van der Waals surface area contributed by atoms with Gasteiger partial charge >= 0.3 is 5.97 Å².